The maximum atomic E-state index is 12.4. The minimum atomic E-state index is -3.37. The van der Waals surface area contributed by atoms with Gasteiger partial charge in [-0.15, -0.1) is 11.3 Å². The molecule has 1 aliphatic rings. The second kappa shape index (κ2) is 6.77. The minimum Gasteiger partial charge on any atom is -0.309 e. The van der Waals surface area contributed by atoms with Gasteiger partial charge in [0.1, 0.15) is 4.21 Å². The van der Waals surface area contributed by atoms with Gasteiger partial charge in [-0.3, -0.25) is 0 Å². The second-order valence-electron chi connectivity index (χ2n) is 6.40. The fourth-order valence-electron chi connectivity index (χ4n) is 1.87. The monoisotopic (exact) mass is 330 g/mol. The molecule has 0 bridgehead atoms. The number of hydrogen-bond acceptors (Lipinski definition) is 4. The van der Waals surface area contributed by atoms with Crippen LogP contribution in [-0.2, 0) is 16.6 Å². The molecule has 4 nitrogen and oxygen atoms in total. The second-order valence-corrected chi connectivity index (χ2v) is 9.53. The summed E-state index contributed by atoms with van der Waals surface area (Å²) in [5.74, 6) is 0.799. The van der Waals surface area contributed by atoms with Gasteiger partial charge in [-0.05, 0) is 43.2 Å². The summed E-state index contributed by atoms with van der Waals surface area (Å²) >= 11 is 1.38. The molecule has 0 radical (unpaired) electrons. The molecule has 2 N–H and O–H groups in total. The molecule has 0 aliphatic heterocycles. The highest BCUT2D eigenvalue weighted by Crippen LogP contribution is 2.27. The first kappa shape index (κ1) is 16.9. The summed E-state index contributed by atoms with van der Waals surface area (Å²) in [7, 11) is -3.37. The molecular weight excluding hydrogens is 304 g/mol. The highest BCUT2D eigenvalue weighted by Gasteiger charge is 2.23. The molecule has 6 heteroatoms. The fraction of sp³-hybridized carbons (Fsp3) is 0.733. The van der Waals surface area contributed by atoms with Gasteiger partial charge >= 0.3 is 0 Å². The van der Waals surface area contributed by atoms with E-state index in [2.05, 4.69) is 30.8 Å². The zero-order valence-electron chi connectivity index (χ0n) is 13.3. The van der Waals surface area contributed by atoms with E-state index < -0.39 is 10.0 Å². The van der Waals surface area contributed by atoms with Crippen molar-refractivity contribution in [2.45, 2.75) is 57.3 Å². The van der Waals surface area contributed by atoms with Gasteiger partial charge in [-0.25, -0.2) is 13.1 Å². The van der Waals surface area contributed by atoms with Gasteiger partial charge in [-0.2, -0.15) is 0 Å². The van der Waals surface area contributed by atoms with Crippen LogP contribution < -0.4 is 10.0 Å². The van der Waals surface area contributed by atoms with Crippen LogP contribution in [0.5, 0.6) is 0 Å². The van der Waals surface area contributed by atoms with E-state index in [1.165, 1.54) is 24.2 Å². The summed E-state index contributed by atoms with van der Waals surface area (Å²) in [5.41, 5.74) is 1.06. The van der Waals surface area contributed by atoms with E-state index in [9.17, 15) is 8.42 Å². The van der Waals surface area contributed by atoms with Crippen LogP contribution in [0.4, 0.5) is 0 Å². The van der Waals surface area contributed by atoms with E-state index in [1.807, 2.05) is 6.92 Å². The van der Waals surface area contributed by atoms with Crippen molar-refractivity contribution >= 4 is 21.4 Å². The first-order valence-corrected chi connectivity index (χ1v) is 9.92. The lowest BCUT2D eigenvalue weighted by Crippen LogP contribution is -2.29. The lowest BCUT2D eigenvalue weighted by Gasteiger charge is -2.15. The maximum absolute atomic E-state index is 12.4. The van der Waals surface area contributed by atoms with E-state index >= 15 is 0 Å². The molecule has 1 unspecified atom stereocenters. The standard InChI is InChI=1S/C15H26N2O2S2/c1-10(2)12(4)8-17-21(18,19)15-7-11(3)14(20-15)9-16-13-5-6-13/h7,10,12-13,16-17H,5-6,8-9H2,1-4H3. The lowest BCUT2D eigenvalue weighted by atomic mass is 9.99. The molecule has 1 aromatic heterocycles. The Bertz CT molecular complexity index is 574. The Kier molecular flexibility index (Phi) is 5.46. The molecule has 0 spiro atoms. The number of aryl methyl sites for hydroxylation is 1. The Labute approximate surface area is 132 Å². The Balaban J connectivity index is 2.00. The van der Waals surface area contributed by atoms with Crippen molar-refractivity contribution < 1.29 is 8.42 Å². The zero-order chi connectivity index (χ0) is 15.6. The molecule has 2 rings (SSSR count). The van der Waals surface area contributed by atoms with Crippen LogP contribution in [0.3, 0.4) is 0 Å². The molecule has 0 amide bonds. The highest BCUT2D eigenvalue weighted by molar-refractivity contribution is 7.91. The molecular formula is C15H26N2O2S2. The van der Waals surface area contributed by atoms with Crippen molar-refractivity contribution in [3.63, 3.8) is 0 Å². The quantitative estimate of drug-likeness (QED) is 0.770. The molecule has 120 valence electrons. The molecule has 0 aromatic carbocycles. The topological polar surface area (TPSA) is 58.2 Å². The number of rotatable bonds is 8. The molecule has 0 saturated heterocycles. The summed E-state index contributed by atoms with van der Waals surface area (Å²) in [6, 6.07) is 2.42. The van der Waals surface area contributed by atoms with Crippen molar-refractivity contribution in [3.8, 4) is 0 Å². The van der Waals surface area contributed by atoms with Gasteiger partial charge in [0.25, 0.3) is 0 Å². The Morgan fingerprint density at radius 3 is 2.57 bits per heavy atom. The van der Waals surface area contributed by atoms with E-state index in [-0.39, 0.29) is 0 Å². The van der Waals surface area contributed by atoms with Gasteiger partial charge in [0.2, 0.25) is 10.0 Å². The Morgan fingerprint density at radius 2 is 2.00 bits per heavy atom. The Morgan fingerprint density at radius 1 is 1.33 bits per heavy atom. The highest BCUT2D eigenvalue weighted by atomic mass is 32.2. The average molecular weight is 331 g/mol. The van der Waals surface area contributed by atoms with Crippen molar-refractivity contribution in [1.82, 2.24) is 10.0 Å². The summed E-state index contributed by atoms with van der Waals surface area (Å²) in [5, 5.41) is 3.44. The van der Waals surface area contributed by atoms with Crippen LogP contribution in [0.25, 0.3) is 0 Å². The first-order chi connectivity index (χ1) is 9.79. The summed E-state index contributed by atoms with van der Waals surface area (Å²) in [6.45, 7) is 9.53. The van der Waals surface area contributed by atoms with Crippen LogP contribution >= 0.6 is 11.3 Å². The van der Waals surface area contributed by atoms with Crippen LogP contribution in [0.1, 0.15) is 44.1 Å². The van der Waals surface area contributed by atoms with Crippen LogP contribution in [0, 0.1) is 18.8 Å². The average Bonchev–Trinajstić information content (AvgIpc) is 3.16. The van der Waals surface area contributed by atoms with Gasteiger partial charge < -0.3 is 5.32 Å². The zero-order valence-corrected chi connectivity index (χ0v) is 14.9. The van der Waals surface area contributed by atoms with E-state index in [0.29, 0.717) is 28.6 Å². The van der Waals surface area contributed by atoms with E-state index in [1.54, 1.807) is 6.07 Å². The molecule has 1 heterocycles. The smallest absolute Gasteiger partial charge is 0.250 e. The van der Waals surface area contributed by atoms with Crippen LogP contribution in [0.15, 0.2) is 10.3 Å². The molecule has 1 saturated carbocycles. The number of hydrogen-bond donors (Lipinski definition) is 2. The maximum Gasteiger partial charge on any atom is 0.250 e. The largest absolute Gasteiger partial charge is 0.309 e. The molecule has 1 fully saturated rings. The third-order valence-electron chi connectivity index (χ3n) is 4.12. The van der Waals surface area contributed by atoms with Crippen LogP contribution in [0.2, 0.25) is 0 Å². The minimum absolute atomic E-state index is 0.330. The fourth-order valence-corrected chi connectivity index (χ4v) is 4.60. The lowest BCUT2D eigenvalue weighted by molar-refractivity contribution is 0.415. The Hall–Kier alpha value is -0.430. The predicted octanol–water partition coefficient (Wildman–Crippen LogP) is 2.88. The van der Waals surface area contributed by atoms with Crippen LogP contribution in [-0.4, -0.2) is 21.0 Å². The normalized spacial score (nSPS) is 17.4. The van der Waals surface area contributed by atoms with Gasteiger partial charge in [0.05, 0.1) is 0 Å². The summed E-state index contributed by atoms with van der Waals surface area (Å²) in [4.78, 5) is 1.12. The van der Waals surface area contributed by atoms with E-state index in [0.717, 1.165) is 17.0 Å². The summed E-state index contributed by atoms with van der Waals surface area (Å²) in [6.07, 6.45) is 2.48. The SMILES string of the molecule is Cc1cc(S(=O)(=O)NCC(C)C(C)C)sc1CNC1CC1. The molecule has 1 aliphatic carbocycles. The van der Waals surface area contributed by atoms with Gasteiger partial charge in [0.15, 0.2) is 0 Å². The van der Waals surface area contributed by atoms with Gasteiger partial charge in [0, 0.05) is 24.0 Å². The molecule has 1 atom stereocenters. The van der Waals surface area contributed by atoms with Crippen molar-refractivity contribution in [2.24, 2.45) is 11.8 Å². The molecule has 21 heavy (non-hydrogen) atoms. The van der Waals surface area contributed by atoms with Crippen molar-refractivity contribution in [1.29, 1.82) is 0 Å². The third-order valence-corrected chi connectivity index (χ3v) is 7.26. The van der Waals surface area contributed by atoms with Crippen molar-refractivity contribution in [3.05, 3.63) is 16.5 Å². The summed E-state index contributed by atoms with van der Waals surface area (Å²) < 4.78 is 27.9. The third kappa shape index (κ3) is 4.77. The van der Waals surface area contributed by atoms with Crippen molar-refractivity contribution in [2.75, 3.05) is 6.54 Å². The van der Waals surface area contributed by atoms with E-state index in [4.69, 9.17) is 0 Å². The molecule has 1 aromatic rings. The predicted molar refractivity (Wildman–Crippen MR) is 88.1 cm³/mol. The number of sulfonamides is 1. The first-order valence-electron chi connectivity index (χ1n) is 7.62. The van der Waals surface area contributed by atoms with Gasteiger partial charge in [-0.1, -0.05) is 20.8 Å². The number of thiophene rings is 1. The number of nitrogens with one attached hydrogen (secondary N) is 2.